The topological polar surface area (TPSA) is 65.4 Å². The Morgan fingerprint density at radius 3 is 2.52 bits per heavy atom. The lowest BCUT2D eigenvalue weighted by molar-refractivity contribution is 0.279. The monoisotopic (exact) mass is 286 g/mol. The highest BCUT2D eigenvalue weighted by Gasteiger charge is 2.11. The summed E-state index contributed by atoms with van der Waals surface area (Å²) in [7, 11) is 0. The van der Waals surface area contributed by atoms with E-state index >= 15 is 0 Å². The molecule has 0 saturated carbocycles. The zero-order valence-corrected chi connectivity index (χ0v) is 12.6. The largest absolute Gasteiger partial charge is 0.506 e. The SMILES string of the molecule is CCCc1ccc(NCc2c(CO)cnc(C)c2O)cc1. The summed E-state index contributed by atoms with van der Waals surface area (Å²) >= 11 is 0. The number of aliphatic hydroxyl groups excluding tert-OH is 1. The first-order valence-electron chi connectivity index (χ1n) is 7.25. The van der Waals surface area contributed by atoms with Crippen molar-refractivity contribution in [1.29, 1.82) is 0 Å². The number of aryl methyl sites for hydroxylation is 2. The second-order valence-corrected chi connectivity index (χ2v) is 5.15. The summed E-state index contributed by atoms with van der Waals surface area (Å²) in [6.45, 7) is 4.24. The van der Waals surface area contributed by atoms with E-state index in [-0.39, 0.29) is 12.4 Å². The number of anilines is 1. The van der Waals surface area contributed by atoms with Crippen molar-refractivity contribution in [2.24, 2.45) is 0 Å². The lowest BCUT2D eigenvalue weighted by Crippen LogP contribution is -2.05. The Morgan fingerprint density at radius 2 is 1.90 bits per heavy atom. The van der Waals surface area contributed by atoms with Crippen LogP contribution in [0.5, 0.6) is 5.75 Å². The lowest BCUT2D eigenvalue weighted by atomic mass is 10.1. The summed E-state index contributed by atoms with van der Waals surface area (Å²) in [4.78, 5) is 4.06. The average Bonchev–Trinajstić information content (AvgIpc) is 2.50. The molecule has 3 N–H and O–H groups in total. The molecule has 0 aliphatic carbocycles. The molecule has 0 unspecified atom stereocenters. The maximum Gasteiger partial charge on any atom is 0.142 e. The molecule has 0 bridgehead atoms. The molecule has 0 atom stereocenters. The van der Waals surface area contributed by atoms with Gasteiger partial charge >= 0.3 is 0 Å². The van der Waals surface area contributed by atoms with Crippen LogP contribution >= 0.6 is 0 Å². The molecule has 0 amide bonds. The molecule has 0 aliphatic rings. The first-order chi connectivity index (χ1) is 10.2. The summed E-state index contributed by atoms with van der Waals surface area (Å²) < 4.78 is 0. The highest BCUT2D eigenvalue weighted by atomic mass is 16.3. The average molecular weight is 286 g/mol. The zero-order chi connectivity index (χ0) is 15.2. The number of nitrogens with zero attached hydrogens (tertiary/aromatic N) is 1. The van der Waals surface area contributed by atoms with Crippen molar-refractivity contribution in [2.45, 2.75) is 39.8 Å². The minimum absolute atomic E-state index is 0.132. The maximum absolute atomic E-state index is 10.1. The van der Waals surface area contributed by atoms with E-state index in [0.29, 0.717) is 23.4 Å². The fourth-order valence-corrected chi connectivity index (χ4v) is 2.29. The summed E-state index contributed by atoms with van der Waals surface area (Å²) in [5.74, 6) is 0.150. The number of aromatic nitrogens is 1. The van der Waals surface area contributed by atoms with Gasteiger partial charge in [-0.1, -0.05) is 25.5 Å². The highest BCUT2D eigenvalue weighted by Crippen LogP contribution is 2.25. The molecule has 2 aromatic rings. The molecule has 0 spiro atoms. The molecule has 112 valence electrons. The van der Waals surface area contributed by atoms with Gasteiger partial charge < -0.3 is 15.5 Å². The smallest absolute Gasteiger partial charge is 0.142 e. The number of hydrogen-bond donors (Lipinski definition) is 3. The van der Waals surface area contributed by atoms with Crippen LogP contribution in [0.25, 0.3) is 0 Å². The first kappa shape index (κ1) is 15.3. The van der Waals surface area contributed by atoms with Gasteiger partial charge in [0.1, 0.15) is 5.75 Å². The highest BCUT2D eigenvalue weighted by molar-refractivity contribution is 5.48. The molecule has 0 fully saturated rings. The number of benzene rings is 1. The second kappa shape index (κ2) is 7.09. The van der Waals surface area contributed by atoms with Crippen LogP contribution < -0.4 is 5.32 Å². The normalized spacial score (nSPS) is 10.6. The number of aliphatic hydroxyl groups is 1. The van der Waals surface area contributed by atoms with Gasteiger partial charge in [-0.2, -0.15) is 0 Å². The van der Waals surface area contributed by atoms with E-state index in [0.717, 1.165) is 18.5 Å². The van der Waals surface area contributed by atoms with Gasteiger partial charge in [-0.15, -0.1) is 0 Å². The molecule has 1 heterocycles. The molecular formula is C17H22N2O2. The van der Waals surface area contributed by atoms with Crippen LogP contribution in [0.15, 0.2) is 30.5 Å². The summed E-state index contributed by atoms with van der Waals surface area (Å²) in [6.07, 6.45) is 3.83. The van der Waals surface area contributed by atoms with Crippen molar-refractivity contribution in [3.8, 4) is 5.75 Å². The molecule has 4 nitrogen and oxygen atoms in total. The van der Waals surface area contributed by atoms with E-state index < -0.39 is 0 Å². The molecular weight excluding hydrogens is 264 g/mol. The molecule has 1 aromatic heterocycles. The van der Waals surface area contributed by atoms with Gasteiger partial charge in [0, 0.05) is 29.6 Å². The van der Waals surface area contributed by atoms with Crippen molar-refractivity contribution in [2.75, 3.05) is 5.32 Å². The minimum Gasteiger partial charge on any atom is -0.506 e. The van der Waals surface area contributed by atoms with E-state index in [9.17, 15) is 10.2 Å². The van der Waals surface area contributed by atoms with Crippen molar-refractivity contribution in [3.05, 3.63) is 52.8 Å². The maximum atomic E-state index is 10.1. The van der Waals surface area contributed by atoms with E-state index in [2.05, 4.69) is 29.4 Å². The van der Waals surface area contributed by atoms with Crippen molar-refractivity contribution in [1.82, 2.24) is 4.98 Å². The van der Waals surface area contributed by atoms with Crippen LogP contribution in [-0.2, 0) is 19.6 Å². The Bertz CT molecular complexity index is 594. The fourth-order valence-electron chi connectivity index (χ4n) is 2.29. The van der Waals surface area contributed by atoms with Crippen LogP contribution in [-0.4, -0.2) is 15.2 Å². The number of hydrogen-bond acceptors (Lipinski definition) is 4. The standard InChI is InChI=1S/C17H22N2O2/c1-3-4-13-5-7-15(8-6-13)19-10-16-14(11-20)9-18-12(2)17(16)21/h5-9,19-21H,3-4,10-11H2,1-2H3. The molecule has 21 heavy (non-hydrogen) atoms. The van der Waals surface area contributed by atoms with Gasteiger partial charge in [-0.3, -0.25) is 4.98 Å². The molecule has 4 heteroatoms. The predicted molar refractivity (Wildman–Crippen MR) is 84.3 cm³/mol. The van der Waals surface area contributed by atoms with Gasteiger partial charge in [-0.05, 0) is 31.0 Å². The van der Waals surface area contributed by atoms with E-state index in [1.54, 1.807) is 13.1 Å². The Labute approximate surface area is 125 Å². The van der Waals surface area contributed by atoms with Crippen LogP contribution in [0.3, 0.4) is 0 Å². The third-order valence-corrected chi connectivity index (χ3v) is 3.56. The molecule has 0 aliphatic heterocycles. The Balaban J connectivity index is 2.10. The molecule has 0 saturated heterocycles. The molecule has 0 radical (unpaired) electrons. The summed E-state index contributed by atoms with van der Waals surface area (Å²) in [5.41, 5.74) is 4.23. The van der Waals surface area contributed by atoms with Crippen LogP contribution in [0.4, 0.5) is 5.69 Å². The minimum atomic E-state index is -0.132. The fraction of sp³-hybridized carbons (Fsp3) is 0.353. The number of rotatable bonds is 6. The third-order valence-electron chi connectivity index (χ3n) is 3.56. The Hall–Kier alpha value is -2.07. The predicted octanol–water partition coefficient (Wildman–Crippen LogP) is 3.15. The van der Waals surface area contributed by atoms with Gasteiger partial charge in [0.25, 0.3) is 0 Å². The van der Waals surface area contributed by atoms with Gasteiger partial charge in [0.2, 0.25) is 0 Å². The van der Waals surface area contributed by atoms with Crippen molar-refractivity contribution >= 4 is 5.69 Å². The Morgan fingerprint density at radius 1 is 1.19 bits per heavy atom. The molecule has 1 aromatic carbocycles. The lowest BCUT2D eigenvalue weighted by Gasteiger charge is -2.13. The summed E-state index contributed by atoms with van der Waals surface area (Å²) in [6, 6.07) is 8.29. The van der Waals surface area contributed by atoms with Gasteiger partial charge in [0.05, 0.1) is 12.3 Å². The third kappa shape index (κ3) is 3.73. The van der Waals surface area contributed by atoms with Crippen molar-refractivity contribution < 1.29 is 10.2 Å². The number of nitrogens with one attached hydrogen (secondary N) is 1. The van der Waals surface area contributed by atoms with Crippen LogP contribution in [0, 0.1) is 6.92 Å². The van der Waals surface area contributed by atoms with Gasteiger partial charge in [0.15, 0.2) is 0 Å². The Kier molecular flexibility index (Phi) is 5.17. The van der Waals surface area contributed by atoms with E-state index in [1.165, 1.54) is 5.56 Å². The zero-order valence-electron chi connectivity index (χ0n) is 12.6. The number of pyridine rings is 1. The summed E-state index contributed by atoms with van der Waals surface area (Å²) in [5, 5.41) is 22.7. The second-order valence-electron chi connectivity index (χ2n) is 5.15. The van der Waals surface area contributed by atoms with Gasteiger partial charge in [-0.25, -0.2) is 0 Å². The van der Waals surface area contributed by atoms with Crippen LogP contribution in [0.2, 0.25) is 0 Å². The van der Waals surface area contributed by atoms with E-state index in [1.807, 2.05) is 12.1 Å². The molecule has 2 rings (SSSR count). The van der Waals surface area contributed by atoms with E-state index in [4.69, 9.17) is 0 Å². The van der Waals surface area contributed by atoms with Crippen LogP contribution in [0.1, 0.15) is 35.7 Å². The number of aromatic hydroxyl groups is 1. The van der Waals surface area contributed by atoms with Crippen molar-refractivity contribution in [3.63, 3.8) is 0 Å². The quantitative estimate of drug-likeness (QED) is 0.763. The first-order valence-corrected chi connectivity index (χ1v) is 7.25.